The molecule has 4 heteroatoms. The van der Waals surface area contributed by atoms with Crippen molar-refractivity contribution in [1.29, 1.82) is 0 Å². The summed E-state index contributed by atoms with van der Waals surface area (Å²) >= 11 is 11.9. The van der Waals surface area contributed by atoms with Gasteiger partial charge in [0.25, 0.3) is 0 Å². The van der Waals surface area contributed by atoms with Crippen molar-refractivity contribution in [2.45, 2.75) is 5.88 Å². The summed E-state index contributed by atoms with van der Waals surface area (Å²) in [7, 11) is 0. The van der Waals surface area contributed by atoms with Crippen molar-refractivity contribution in [3.05, 3.63) is 32.5 Å². The van der Waals surface area contributed by atoms with Crippen molar-refractivity contribution < 1.29 is 4.39 Å². The Morgan fingerprint density at radius 2 is 2.00 bits per heavy atom. The summed E-state index contributed by atoms with van der Waals surface area (Å²) in [5.41, 5.74) is 0.495. The van der Waals surface area contributed by atoms with Crippen LogP contribution in [0.15, 0.2) is 21.1 Å². The molecular weight excluding hydrogens is 298 g/mol. The average Bonchev–Trinajstić information content (AvgIpc) is 1.85. The summed E-state index contributed by atoms with van der Waals surface area (Å²) in [6.07, 6.45) is 0. The Morgan fingerprint density at radius 3 is 2.45 bits per heavy atom. The summed E-state index contributed by atoms with van der Waals surface area (Å²) < 4.78 is 14.4. The molecule has 1 aromatic carbocycles. The average molecular weight is 302 g/mol. The summed E-state index contributed by atoms with van der Waals surface area (Å²) in [5, 5.41) is 0. The molecule has 0 nitrogen and oxygen atoms in total. The second-order valence-electron chi connectivity index (χ2n) is 1.98. The highest BCUT2D eigenvalue weighted by Crippen LogP contribution is 2.26. The number of halogens is 4. The fourth-order valence-electron chi connectivity index (χ4n) is 0.700. The maximum Gasteiger partial charge on any atom is 0.129 e. The predicted octanol–water partition coefficient (Wildman–Crippen LogP) is 4.09. The van der Waals surface area contributed by atoms with Crippen LogP contribution in [0.2, 0.25) is 0 Å². The molecule has 0 bridgehead atoms. The molecule has 0 unspecified atom stereocenters. The van der Waals surface area contributed by atoms with E-state index in [4.69, 9.17) is 11.6 Å². The van der Waals surface area contributed by atoms with Crippen molar-refractivity contribution in [3.63, 3.8) is 0 Å². The molecule has 60 valence electrons. The first-order chi connectivity index (χ1) is 5.15. The summed E-state index contributed by atoms with van der Waals surface area (Å²) in [5.74, 6) is -0.110. The summed E-state index contributed by atoms with van der Waals surface area (Å²) in [6, 6.07) is 3.16. The molecule has 0 atom stereocenters. The maximum absolute atomic E-state index is 13.0. The van der Waals surface area contributed by atoms with Crippen LogP contribution in [-0.4, -0.2) is 0 Å². The molecule has 0 spiro atoms. The molecule has 0 heterocycles. The molecule has 0 aliphatic rings. The zero-order valence-electron chi connectivity index (χ0n) is 5.37. The highest BCUT2D eigenvalue weighted by Gasteiger charge is 2.06. The third kappa shape index (κ3) is 2.17. The Labute approximate surface area is 86.0 Å². The molecule has 0 amide bonds. The highest BCUT2D eigenvalue weighted by atomic mass is 79.9. The number of rotatable bonds is 1. The van der Waals surface area contributed by atoms with Gasteiger partial charge in [0.2, 0.25) is 0 Å². The largest absolute Gasteiger partial charge is 0.207 e. The van der Waals surface area contributed by atoms with Crippen LogP contribution in [0, 0.1) is 5.82 Å². The first-order valence-corrected chi connectivity index (χ1v) is 4.96. The van der Waals surface area contributed by atoms with Gasteiger partial charge in [0.1, 0.15) is 5.82 Å². The van der Waals surface area contributed by atoms with Crippen LogP contribution in [0.4, 0.5) is 4.39 Å². The van der Waals surface area contributed by atoms with Gasteiger partial charge < -0.3 is 0 Å². The van der Waals surface area contributed by atoms with Crippen molar-refractivity contribution in [3.8, 4) is 0 Å². The SMILES string of the molecule is Fc1cc(Br)cc(Br)c1CCl. The summed E-state index contributed by atoms with van der Waals surface area (Å²) in [6.45, 7) is 0. The zero-order chi connectivity index (χ0) is 8.43. The third-order valence-electron chi connectivity index (χ3n) is 1.24. The number of hydrogen-bond donors (Lipinski definition) is 0. The first-order valence-electron chi connectivity index (χ1n) is 2.84. The third-order valence-corrected chi connectivity index (χ3v) is 2.67. The number of hydrogen-bond acceptors (Lipinski definition) is 0. The second kappa shape index (κ2) is 3.87. The van der Waals surface area contributed by atoms with Gasteiger partial charge in [-0.05, 0) is 12.1 Å². The standard InChI is InChI=1S/C7H4Br2ClF/c8-4-1-6(9)5(3-10)7(11)2-4/h1-2H,3H2. The van der Waals surface area contributed by atoms with Gasteiger partial charge in [-0.15, -0.1) is 11.6 Å². The van der Waals surface area contributed by atoms with Crippen LogP contribution in [0.1, 0.15) is 5.56 Å². The highest BCUT2D eigenvalue weighted by molar-refractivity contribution is 9.11. The topological polar surface area (TPSA) is 0 Å². The number of benzene rings is 1. The molecule has 0 radical (unpaired) electrons. The lowest BCUT2D eigenvalue weighted by molar-refractivity contribution is 0.615. The van der Waals surface area contributed by atoms with Crippen LogP contribution >= 0.6 is 43.5 Å². The van der Waals surface area contributed by atoms with Crippen LogP contribution in [0.25, 0.3) is 0 Å². The molecule has 0 aliphatic heterocycles. The van der Waals surface area contributed by atoms with E-state index in [-0.39, 0.29) is 11.7 Å². The van der Waals surface area contributed by atoms with E-state index in [1.807, 2.05) is 0 Å². The van der Waals surface area contributed by atoms with Gasteiger partial charge in [-0.3, -0.25) is 0 Å². The van der Waals surface area contributed by atoms with Gasteiger partial charge in [0, 0.05) is 14.5 Å². The normalized spacial score (nSPS) is 10.2. The van der Waals surface area contributed by atoms with E-state index in [0.717, 1.165) is 0 Å². The fourth-order valence-corrected chi connectivity index (χ4v) is 2.45. The lowest BCUT2D eigenvalue weighted by atomic mass is 10.2. The first kappa shape index (κ1) is 9.49. The second-order valence-corrected chi connectivity index (χ2v) is 4.02. The van der Waals surface area contributed by atoms with Crippen LogP contribution in [0.5, 0.6) is 0 Å². The van der Waals surface area contributed by atoms with Crippen molar-refractivity contribution >= 4 is 43.5 Å². The fraction of sp³-hybridized carbons (Fsp3) is 0.143. The Morgan fingerprint density at radius 1 is 1.36 bits per heavy atom. The van der Waals surface area contributed by atoms with Crippen molar-refractivity contribution in [2.24, 2.45) is 0 Å². The zero-order valence-corrected chi connectivity index (χ0v) is 9.30. The Bertz CT molecular complexity index is 252. The molecule has 0 aliphatic carbocycles. The van der Waals surface area contributed by atoms with E-state index in [2.05, 4.69) is 31.9 Å². The van der Waals surface area contributed by atoms with Gasteiger partial charge in [0.05, 0.1) is 5.88 Å². The molecule has 0 aromatic heterocycles. The van der Waals surface area contributed by atoms with E-state index < -0.39 is 0 Å². The van der Waals surface area contributed by atoms with Gasteiger partial charge in [0.15, 0.2) is 0 Å². The molecule has 0 N–H and O–H groups in total. The quantitative estimate of drug-likeness (QED) is 0.686. The van der Waals surface area contributed by atoms with Crippen LogP contribution in [0.3, 0.4) is 0 Å². The Balaban J connectivity index is 3.25. The van der Waals surface area contributed by atoms with E-state index in [1.165, 1.54) is 6.07 Å². The lowest BCUT2D eigenvalue weighted by Crippen LogP contribution is -1.87. The van der Waals surface area contributed by atoms with Crippen LogP contribution < -0.4 is 0 Å². The van der Waals surface area contributed by atoms with Crippen LogP contribution in [-0.2, 0) is 5.88 Å². The van der Waals surface area contributed by atoms with Crippen molar-refractivity contribution in [1.82, 2.24) is 0 Å². The molecule has 0 saturated heterocycles. The molecule has 1 rings (SSSR count). The monoisotopic (exact) mass is 300 g/mol. The molecular formula is C7H4Br2ClF. The number of alkyl halides is 1. The molecule has 1 aromatic rings. The summed E-state index contributed by atoms with van der Waals surface area (Å²) in [4.78, 5) is 0. The van der Waals surface area contributed by atoms with E-state index >= 15 is 0 Å². The Hall–Kier alpha value is 0.400. The van der Waals surface area contributed by atoms with E-state index in [1.54, 1.807) is 6.07 Å². The Kier molecular flexibility index (Phi) is 3.34. The van der Waals surface area contributed by atoms with E-state index in [9.17, 15) is 4.39 Å². The predicted molar refractivity (Wildman–Crippen MR) is 51.4 cm³/mol. The minimum atomic E-state index is -0.291. The smallest absolute Gasteiger partial charge is 0.129 e. The van der Waals surface area contributed by atoms with Gasteiger partial charge in [-0.25, -0.2) is 4.39 Å². The van der Waals surface area contributed by atoms with Gasteiger partial charge in [-0.2, -0.15) is 0 Å². The van der Waals surface area contributed by atoms with Crippen molar-refractivity contribution in [2.75, 3.05) is 0 Å². The van der Waals surface area contributed by atoms with Gasteiger partial charge >= 0.3 is 0 Å². The molecule has 11 heavy (non-hydrogen) atoms. The minimum Gasteiger partial charge on any atom is -0.207 e. The molecule has 0 fully saturated rings. The maximum atomic E-state index is 13.0. The molecule has 0 saturated carbocycles. The minimum absolute atomic E-state index is 0.180. The van der Waals surface area contributed by atoms with Gasteiger partial charge in [-0.1, -0.05) is 31.9 Å². The van der Waals surface area contributed by atoms with E-state index in [0.29, 0.717) is 14.5 Å². The lowest BCUT2D eigenvalue weighted by Gasteiger charge is -2.01.